The van der Waals surface area contributed by atoms with Crippen molar-refractivity contribution in [1.82, 2.24) is 30.2 Å². The molecule has 24 nitrogen and oxygen atoms in total. The number of carbonyl (C=O) groups excluding carboxylic acids is 3. The summed E-state index contributed by atoms with van der Waals surface area (Å²) in [6.45, 7) is 2.36. The Balaban J connectivity index is 0.0000101. The Kier molecular flexibility index (Phi) is 18.8. The van der Waals surface area contributed by atoms with Crippen LogP contribution in [0.3, 0.4) is 0 Å². The third-order valence-corrected chi connectivity index (χ3v) is 11.2. The number of aromatic nitrogens is 4. The molecule has 9 N–H and O–H groups in total. The number of imidazole rings is 1. The second-order valence-corrected chi connectivity index (χ2v) is 17.4. The summed E-state index contributed by atoms with van der Waals surface area (Å²) in [6, 6.07) is 0. The summed E-state index contributed by atoms with van der Waals surface area (Å²) in [4.78, 5) is 88.8. The van der Waals surface area contributed by atoms with Crippen molar-refractivity contribution in [3.05, 3.63) is 12.7 Å². The number of aliphatic hydroxyl groups excluding tert-OH is 2. The quantitative estimate of drug-likeness (QED) is 0.0335. The van der Waals surface area contributed by atoms with Gasteiger partial charge in [-0.3, -0.25) is 32.6 Å². The molecule has 0 aromatic carbocycles. The van der Waals surface area contributed by atoms with Gasteiger partial charge >= 0.3 is 45.2 Å². The number of fused-ring (bicyclic) bond motifs is 1. The summed E-state index contributed by atoms with van der Waals surface area (Å²) < 4.78 is 61.6. The molecule has 300 valence electrons. The summed E-state index contributed by atoms with van der Waals surface area (Å²) in [5.41, 5.74) is 4.22. The molecule has 0 saturated carbocycles. The zero-order valence-corrected chi connectivity index (χ0v) is 34.9. The average Bonchev–Trinajstić information content (AvgIpc) is 3.61. The number of rotatable bonds is 21. The number of aliphatic hydroxyl groups is 2. The van der Waals surface area contributed by atoms with Crippen molar-refractivity contribution >= 4 is 69.1 Å². The largest absolute Gasteiger partial charge is 1.00 e. The van der Waals surface area contributed by atoms with Gasteiger partial charge in [-0.15, -0.1) is 0 Å². The van der Waals surface area contributed by atoms with Crippen LogP contribution in [0.5, 0.6) is 0 Å². The number of phosphoric ester groups is 3. The maximum absolute atomic E-state index is 12.6. The molecule has 3 unspecified atom stereocenters. The van der Waals surface area contributed by atoms with Crippen LogP contribution in [-0.4, -0.2) is 118 Å². The molecule has 3 heterocycles. The van der Waals surface area contributed by atoms with E-state index in [-0.39, 0.29) is 71.2 Å². The average molecular weight is 860 g/mol. The minimum absolute atomic E-state index is 0. The minimum atomic E-state index is -5.58. The molecule has 8 atom stereocenters. The van der Waals surface area contributed by atoms with E-state index in [0.717, 1.165) is 29.0 Å². The van der Waals surface area contributed by atoms with Crippen LogP contribution in [0, 0.1) is 5.41 Å². The van der Waals surface area contributed by atoms with Gasteiger partial charge < -0.3 is 55.4 Å². The van der Waals surface area contributed by atoms with Crippen molar-refractivity contribution in [3.63, 3.8) is 0 Å². The molecule has 1 aliphatic rings. The van der Waals surface area contributed by atoms with Gasteiger partial charge in [0.05, 0.1) is 19.5 Å². The van der Waals surface area contributed by atoms with E-state index in [1.807, 2.05) is 6.92 Å². The fourth-order valence-electron chi connectivity index (χ4n) is 4.57. The first-order chi connectivity index (χ1) is 24.6. The normalized spacial score (nSPS) is 22.7. The van der Waals surface area contributed by atoms with Crippen LogP contribution in [0.15, 0.2) is 12.7 Å². The van der Waals surface area contributed by atoms with Gasteiger partial charge in [-0.05, 0) is 6.42 Å². The van der Waals surface area contributed by atoms with E-state index in [0.29, 0.717) is 18.6 Å². The van der Waals surface area contributed by atoms with Crippen molar-refractivity contribution in [2.75, 3.05) is 37.8 Å². The van der Waals surface area contributed by atoms with E-state index in [2.05, 4.69) is 34.4 Å². The number of nitrogens with two attached hydrogens (primary N) is 1. The number of ether oxygens (including phenoxy) is 1. The molecule has 0 bridgehead atoms. The van der Waals surface area contributed by atoms with E-state index < -0.39 is 84.6 Å². The number of thioether (sulfide) groups is 1. The predicted molar refractivity (Wildman–Crippen MR) is 180 cm³/mol. The third-order valence-electron chi connectivity index (χ3n) is 7.21. The third kappa shape index (κ3) is 14.8. The standard InChI is InChI=1S/C25H42N7O17P3S.Na/c1-4-5-16(34)53-9-8-27-15(33)6-7-28-23(37)20(36)25(2,3)11-46-52(43,44)49-51(41,42)45-10-14-19(48-50(38,39)40)18(35)24(47-14)32-13-31-17-21(26)29-12-30-22(17)32;/h12-14,18-20,24,35-36H,4-11H2,1-3H3,(H,27,33)(H,28,37)(H,41,42)(H,43,44)(H2,26,29,30)(H2,38,39,40);/q;+1/p-1/t14-,18-,19-,20+,24-;/m1./s1. The Bertz CT molecular complexity index is 1750. The van der Waals surface area contributed by atoms with Crippen LogP contribution >= 0.6 is 35.2 Å². The maximum Gasteiger partial charge on any atom is 1.00 e. The fourth-order valence-corrected chi connectivity index (χ4v) is 8.17. The molecular formula is C25H41N7NaO17P3S. The summed E-state index contributed by atoms with van der Waals surface area (Å²) >= 11 is 1.09. The number of anilines is 1. The summed E-state index contributed by atoms with van der Waals surface area (Å²) in [6.07, 6.45) is -5.94. The Morgan fingerprint density at radius 1 is 1.09 bits per heavy atom. The van der Waals surface area contributed by atoms with Gasteiger partial charge in [-0.1, -0.05) is 32.5 Å². The Hall–Kier alpha value is -1.44. The molecule has 0 spiro atoms. The van der Waals surface area contributed by atoms with Crippen LogP contribution in [0.25, 0.3) is 11.2 Å². The van der Waals surface area contributed by atoms with Crippen molar-refractivity contribution in [3.8, 4) is 0 Å². The maximum atomic E-state index is 12.6. The second kappa shape index (κ2) is 20.8. The van der Waals surface area contributed by atoms with Crippen LogP contribution in [0.2, 0.25) is 0 Å². The van der Waals surface area contributed by atoms with Gasteiger partial charge in [0, 0.05) is 37.1 Å². The molecule has 54 heavy (non-hydrogen) atoms. The first-order valence-electron chi connectivity index (χ1n) is 15.6. The minimum Gasteiger partial charge on any atom is -0.756 e. The number of carbonyl (C=O) groups is 3. The topological polar surface area (TPSA) is 366 Å². The van der Waals surface area contributed by atoms with E-state index in [4.69, 9.17) is 19.5 Å². The van der Waals surface area contributed by atoms with Crippen LogP contribution < -0.4 is 50.8 Å². The number of nitrogen functional groups attached to an aromatic ring is 1. The number of phosphoric acid groups is 3. The fraction of sp³-hybridized carbons (Fsp3) is 0.680. The molecule has 1 fully saturated rings. The molecular weight excluding hydrogens is 818 g/mol. The van der Waals surface area contributed by atoms with Gasteiger partial charge in [0.25, 0.3) is 7.82 Å². The van der Waals surface area contributed by atoms with Gasteiger partial charge in [-0.25, -0.2) is 24.1 Å². The summed E-state index contributed by atoms with van der Waals surface area (Å²) in [5, 5.41) is 26.3. The predicted octanol–water partition coefficient (Wildman–Crippen LogP) is -4.16. The van der Waals surface area contributed by atoms with E-state index in [1.165, 1.54) is 13.8 Å². The zero-order valence-electron chi connectivity index (χ0n) is 29.4. The number of hydrogen-bond donors (Lipinski definition) is 8. The molecule has 29 heteroatoms. The second-order valence-electron chi connectivity index (χ2n) is 12.0. The Labute approximate surface area is 334 Å². The molecule has 0 aliphatic carbocycles. The summed E-state index contributed by atoms with van der Waals surface area (Å²) in [7, 11) is -16.6. The van der Waals surface area contributed by atoms with Crippen LogP contribution in [0.4, 0.5) is 5.82 Å². The van der Waals surface area contributed by atoms with E-state index in [9.17, 15) is 57.9 Å². The van der Waals surface area contributed by atoms with Crippen molar-refractivity contribution in [2.24, 2.45) is 5.41 Å². The first kappa shape index (κ1) is 48.7. The monoisotopic (exact) mass is 859 g/mol. The summed E-state index contributed by atoms with van der Waals surface area (Å²) in [5.74, 6) is -1.07. The van der Waals surface area contributed by atoms with Gasteiger partial charge in [-0.2, -0.15) is 4.31 Å². The van der Waals surface area contributed by atoms with Gasteiger partial charge in [0.2, 0.25) is 11.8 Å². The van der Waals surface area contributed by atoms with Crippen molar-refractivity contribution < 1.29 is 110 Å². The Morgan fingerprint density at radius 2 is 1.76 bits per heavy atom. The van der Waals surface area contributed by atoms with Gasteiger partial charge in [0.15, 0.2) is 22.8 Å². The van der Waals surface area contributed by atoms with E-state index >= 15 is 0 Å². The molecule has 1 saturated heterocycles. The molecule has 2 amide bonds. The number of nitrogens with one attached hydrogen (secondary N) is 2. The zero-order chi connectivity index (χ0) is 39.8. The molecule has 3 rings (SSSR count). The van der Waals surface area contributed by atoms with Crippen LogP contribution in [-0.2, 0) is 50.7 Å². The molecule has 2 aromatic rings. The molecule has 1 aliphatic heterocycles. The van der Waals surface area contributed by atoms with Crippen LogP contribution in [0.1, 0.15) is 46.3 Å². The number of amides is 2. The van der Waals surface area contributed by atoms with Crippen molar-refractivity contribution in [2.45, 2.75) is 70.7 Å². The molecule has 2 aromatic heterocycles. The van der Waals surface area contributed by atoms with Crippen molar-refractivity contribution in [1.29, 1.82) is 0 Å². The number of nitrogens with zero attached hydrogens (tertiary/aromatic N) is 4. The Morgan fingerprint density at radius 3 is 2.41 bits per heavy atom. The smallest absolute Gasteiger partial charge is 0.756 e. The van der Waals surface area contributed by atoms with Gasteiger partial charge in [0.1, 0.15) is 36.3 Å². The first-order valence-corrected chi connectivity index (χ1v) is 21.1. The SMILES string of the molecule is CCCC(=O)SCCNC(=O)CCNC(=O)[C@H](O)C(C)(C)COP(=O)(O)OP(=O)(O)OC[C@H]1O[C@@H](n2cnc3c(N)ncnc32)[C@H](O)[C@@H]1OP(=O)([O-])O.[Na+]. The number of hydrogen-bond acceptors (Lipinski definition) is 19. The van der Waals surface area contributed by atoms with E-state index in [1.54, 1.807) is 0 Å². The molecule has 0 radical (unpaired) electrons.